The highest BCUT2D eigenvalue weighted by Crippen LogP contribution is 2.26. The van der Waals surface area contributed by atoms with Gasteiger partial charge in [0.1, 0.15) is 5.75 Å². The fourth-order valence-electron chi connectivity index (χ4n) is 2.82. The van der Waals surface area contributed by atoms with Crippen LogP contribution in [-0.4, -0.2) is 17.6 Å². The molecule has 25 heavy (non-hydrogen) atoms. The van der Waals surface area contributed by atoms with E-state index < -0.39 is 6.10 Å². The van der Waals surface area contributed by atoms with E-state index in [1.807, 2.05) is 58.0 Å². The predicted molar refractivity (Wildman–Crippen MR) is 103 cm³/mol. The summed E-state index contributed by atoms with van der Waals surface area (Å²) in [5.74, 6) is 0.522. The van der Waals surface area contributed by atoms with E-state index in [0.717, 1.165) is 22.6 Å². The second-order valence-corrected chi connectivity index (χ2v) is 7.54. The van der Waals surface area contributed by atoms with E-state index in [1.165, 1.54) is 5.56 Å². The van der Waals surface area contributed by atoms with Crippen molar-refractivity contribution in [1.29, 1.82) is 0 Å². The van der Waals surface area contributed by atoms with Crippen LogP contribution in [0.5, 0.6) is 5.75 Å². The first-order chi connectivity index (χ1) is 11.7. The lowest BCUT2D eigenvalue weighted by molar-refractivity contribution is -0.128. The summed E-state index contributed by atoms with van der Waals surface area (Å²) >= 11 is 6.18. The molecule has 0 aliphatic carbocycles. The largest absolute Gasteiger partial charge is 0.481 e. The summed E-state index contributed by atoms with van der Waals surface area (Å²) in [4.78, 5) is 12.5. The second-order valence-electron chi connectivity index (χ2n) is 7.17. The van der Waals surface area contributed by atoms with E-state index in [2.05, 4.69) is 17.4 Å². The van der Waals surface area contributed by atoms with Gasteiger partial charge in [0.05, 0.1) is 0 Å². The van der Waals surface area contributed by atoms with Crippen molar-refractivity contribution in [3.63, 3.8) is 0 Å². The minimum Gasteiger partial charge on any atom is -0.481 e. The molecule has 0 aromatic heterocycles. The minimum absolute atomic E-state index is 0.133. The fraction of sp³-hybridized carbons (Fsp3) is 0.381. The number of ether oxygens (including phenoxy) is 1. The SMILES string of the molecule is Cc1cc(O[C@@H](C)C(=O)NC(C)(C)Cc2ccccc2)cc(C)c1Cl. The van der Waals surface area contributed by atoms with Crippen molar-refractivity contribution in [2.75, 3.05) is 0 Å². The van der Waals surface area contributed by atoms with E-state index in [0.29, 0.717) is 5.75 Å². The number of hydrogen-bond donors (Lipinski definition) is 1. The fourth-order valence-corrected chi connectivity index (χ4v) is 2.93. The lowest BCUT2D eigenvalue weighted by atomic mass is 9.94. The van der Waals surface area contributed by atoms with Crippen LogP contribution in [0.1, 0.15) is 37.5 Å². The highest BCUT2D eigenvalue weighted by Gasteiger charge is 2.25. The molecule has 0 saturated heterocycles. The van der Waals surface area contributed by atoms with E-state index in [9.17, 15) is 4.79 Å². The lowest BCUT2D eigenvalue weighted by Gasteiger charge is -2.28. The van der Waals surface area contributed by atoms with Gasteiger partial charge >= 0.3 is 0 Å². The summed E-state index contributed by atoms with van der Waals surface area (Å²) in [6.07, 6.45) is 0.167. The van der Waals surface area contributed by atoms with E-state index in [1.54, 1.807) is 6.92 Å². The average molecular weight is 360 g/mol. The standard InChI is InChI=1S/C21H26ClNO2/c1-14-11-18(12-15(2)19(14)22)25-16(3)20(24)23-21(4,5)13-17-9-7-6-8-10-17/h6-12,16H,13H2,1-5H3,(H,23,24)/t16-/m0/s1. The van der Waals surface area contributed by atoms with Crippen molar-refractivity contribution in [3.05, 3.63) is 64.2 Å². The molecule has 1 amide bonds. The maximum atomic E-state index is 12.5. The zero-order chi connectivity index (χ0) is 18.6. The topological polar surface area (TPSA) is 38.3 Å². The molecule has 0 fully saturated rings. The van der Waals surface area contributed by atoms with Crippen LogP contribution in [0.4, 0.5) is 0 Å². The molecule has 0 bridgehead atoms. The van der Waals surface area contributed by atoms with Crippen LogP contribution in [0.25, 0.3) is 0 Å². The summed E-state index contributed by atoms with van der Waals surface area (Å²) in [7, 11) is 0. The predicted octanol–water partition coefficient (Wildman–Crippen LogP) is 4.86. The van der Waals surface area contributed by atoms with E-state index >= 15 is 0 Å². The minimum atomic E-state index is -0.588. The van der Waals surface area contributed by atoms with Gasteiger partial charge in [-0.25, -0.2) is 0 Å². The van der Waals surface area contributed by atoms with Gasteiger partial charge in [0.2, 0.25) is 0 Å². The number of halogens is 1. The summed E-state index contributed by atoms with van der Waals surface area (Å²) < 4.78 is 5.82. The van der Waals surface area contributed by atoms with Gasteiger partial charge in [-0.1, -0.05) is 41.9 Å². The smallest absolute Gasteiger partial charge is 0.261 e. The number of amides is 1. The van der Waals surface area contributed by atoms with Crippen molar-refractivity contribution < 1.29 is 9.53 Å². The summed E-state index contributed by atoms with van der Waals surface area (Å²) in [6.45, 7) is 9.64. The molecule has 2 rings (SSSR count). The van der Waals surface area contributed by atoms with Crippen molar-refractivity contribution in [2.24, 2.45) is 0 Å². The van der Waals surface area contributed by atoms with Gasteiger partial charge in [0, 0.05) is 10.6 Å². The van der Waals surface area contributed by atoms with Gasteiger partial charge in [-0.15, -0.1) is 0 Å². The van der Waals surface area contributed by atoms with E-state index in [4.69, 9.17) is 16.3 Å². The zero-order valence-electron chi connectivity index (χ0n) is 15.5. The van der Waals surface area contributed by atoms with Gasteiger partial charge in [0.25, 0.3) is 5.91 Å². The van der Waals surface area contributed by atoms with Gasteiger partial charge in [-0.3, -0.25) is 4.79 Å². The zero-order valence-corrected chi connectivity index (χ0v) is 16.3. The molecule has 2 aromatic carbocycles. The molecule has 2 aromatic rings. The Labute approximate surface area is 155 Å². The monoisotopic (exact) mass is 359 g/mol. The van der Waals surface area contributed by atoms with Crippen LogP contribution < -0.4 is 10.1 Å². The molecule has 0 aliphatic rings. The Kier molecular flexibility index (Phi) is 6.12. The molecule has 1 atom stereocenters. The molecule has 134 valence electrons. The Hall–Kier alpha value is -2.00. The molecule has 4 heteroatoms. The number of carbonyl (C=O) groups excluding carboxylic acids is 1. The van der Waals surface area contributed by atoms with Crippen LogP contribution in [0.3, 0.4) is 0 Å². The van der Waals surface area contributed by atoms with Crippen molar-refractivity contribution in [1.82, 2.24) is 5.32 Å². The number of nitrogens with one attached hydrogen (secondary N) is 1. The highest BCUT2D eigenvalue weighted by atomic mass is 35.5. The summed E-state index contributed by atoms with van der Waals surface area (Å²) in [5.41, 5.74) is 2.70. The maximum Gasteiger partial charge on any atom is 0.261 e. The maximum absolute atomic E-state index is 12.5. The number of carbonyl (C=O) groups is 1. The first kappa shape index (κ1) is 19.3. The van der Waals surface area contributed by atoms with Gasteiger partial charge in [0.15, 0.2) is 6.10 Å². The molecule has 3 nitrogen and oxygen atoms in total. The first-order valence-corrected chi connectivity index (χ1v) is 8.85. The Morgan fingerprint density at radius 1 is 1.16 bits per heavy atom. The molecule has 0 saturated carbocycles. The third-order valence-electron chi connectivity index (χ3n) is 4.04. The Morgan fingerprint density at radius 3 is 2.28 bits per heavy atom. The van der Waals surface area contributed by atoms with Gasteiger partial charge in [-0.2, -0.15) is 0 Å². The molecule has 0 aliphatic heterocycles. The number of aryl methyl sites for hydroxylation is 2. The quantitative estimate of drug-likeness (QED) is 0.799. The first-order valence-electron chi connectivity index (χ1n) is 8.47. The molecule has 0 radical (unpaired) electrons. The van der Waals surface area contributed by atoms with Crippen LogP contribution in [0.2, 0.25) is 5.02 Å². The second kappa shape index (κ2) is 7.92. The third-order valence-corrected chi connectivity index (χ3v) is 4.64. The van der Waals surface area contributed by atoms with E-state index in [-0.39, 0.29) is 11.4 Å². The van der Waals surface area contributed by atoms with Crippen LogP contribution in [-0.2, 0) is 11.2 Å². The van der Waals surface area contributed by atoms with Crippen molar-refractivity contribution >= 4 is 17.5 Å². The average Bonchev–Trinajstić information content (AvgIpc) is 2.52. The molecule has 1 N–H and O–H groups in total. The normalized spacial score (nSPS) is 12.6. The highest BCUT2D eigenvalue weighted by molar-refractivity contribution is 6.32. The van der Waals surface area contributed by atoms with Crippen LogP contribution in [0, 0.1) is 13.8 Å². The third kappa shape index (κ3) is 5.50. The molecule has 0 heterocycles. The molecular weight excluding hydrogens is 334 g/mol. The summed E-state index contributed by atoms with van der Waals surface area (Å²) in [5, 5.41) is 3.81. The van der Waals surface area contributed by atoms with Gasteiger partial charge in [-0.05, 0) is 69.9 Å². The van der Waals surface area contributed by atoms with Crippen LogP contribution >= 0.6 is 11.6 Å². The number of benzene rings is 2. The van der Waals surface area contributed by atoms with Crippen molar-refractivity contribution in [3.8, 4) is 5.75 Å². The Bertz CT molecular complexity index is 718. The summed E-state index contributed by atoms with van der Waals surface area (Å²) in [6, 6.07) is 13.8. The number of hydrogen-bond acceptors (Lipinski definition) is 2. The molecule has 0 unspecified atom stereocenters. The Morgan fingerprint density at radius 2 is 1.72 bits per heavy atom. The molecule has 0 spiro atoms. The molecular formula is C21H26ClNO2. The van der Waals surface area contributed by atoms with Gasteiger partial charge < -0.3 is 10.1 Å². The van der Waals surface area contributed by atoms with Crippen molar-refractivity contribution in [2.45, 2.75) is 52.7 Å². The Balaban J connectivity index is 2.00. The number of rotatable bonds is 6. The van der Waals surface area contributed by atoms with Crippen LogP contribution in [0.15, 0.2) is 42.5 Å². The lowest BCUT2D eigenvalue weighted by Crippen LogP contribution is -2.49.